The van der Waals surface area contributed by atoms with Crippen molar-refractivity contribution in [2.75, 3.05) is 0 Å². The number of aromatic hydroxyl groups is 1. The van der Waals surface area contributed by atoms with Crippen molar-refractivity contribution in [3.05, 3.63) is 65.7 Å². The molecule has 1 atom stereocenters. The quantitative estimate of drug-likeness (QED) is 0.831. The number of benzene rings is 2. The smallest absolute Gasteiger partial charge is 0.115 e. The van der Waals surface area contributed by atoms with E-state index in [4.69, 9.17) is 0 Å². The molecule has 88 valence electrons. The fourth-order valence-electron chi connectivity index (χ4n) is 2.14. The molecular formula is C16H18O. The highest BCUT2D eigenvalue weighted by Gasteiger charge is 2.09. The van der Waals surface area contributed by atoms with E-state index in [1.807, 2.05) is 12.1 Å². The third-order valence-corrected chi connectivity index (χ3v) is 3.18. The summed E-state index contributed by atoms with van der Waals surface area (Å²) in [6.45, 7) is 2.22. The van der Waals surface area contributed by atoms with E-state index in [0.29, 0.717) is 11.7 Å². The molecular weight excluding hydrogens is 208 g/mol. The first kappa shape index (κ1) is 11.7. The van der Waals surface area contributed by atoms with E-state index in [1.165, 1.54) is 11.1 Å². The second-order valence-corrected chi connectivity index (χ2v) is 4.39. The monoisotopic (exact) mass is 226 g/mol. The topological polar surface area (TPSA) is 20.2 Å². The molecule has 0 radical (unpaired) electrons. The van der Waals surface area contributed by atoms with Gasteiger partial charge in [0.1, 0.15) is 5.75 Å². The molecule has 0 fully saturated rings. The van der Waals surface area contributed by atoms with Gasteiger partial charge in [0, 0.05) is 0 Å². The molecule has 17 heavy (non-hydrogen) atoms. The van der Waals surface area contributed by atoms with Crippen LogP contribution in [0.15, 0.2) is 54.6 Å². The Morgan fingerprint density at radius 3 is 2.18 bits per heavy atom. The number of hydrogen-bond donors (Lipinski definition) is 1. The Bertz CT molecular complexity index is 445. The minimum absolute atomic E-state index is 0.335. The fraction of sp³-hybridized carbons (Fsp3) is 0.250. The van der Waals surface area contributed by atoms with Crippen molar-refractivity contribution in [2.24, 2.45) is 0 Å². The second kappa shape index (κ2) is 5.53. The zero-order chi connectivity index (χ0) is 12.1. The predicted octanol–water partition coefficient (Wildman–Crippen LogP) is 4.13. The average molecular weight is 226 g/mol. The fourth-order valence-corrected chi connectivity index (χ4v) is 2.14. The third-order valence-electron chi connectivity index (χ3n) is 3.18. The highest BCUT2D eigenvalue weighted by Crippen LogP contribution is 2.24. The van der Waals surface area contributed by atoms with Crippen LogP contribution in [0.3, 0.4) is 0 Å². The molecule has 2 aromatic rings. The maximum Gasteiger partial charge on any atom is 0.115 e. The first-order valence-corrected chi connectivity index (χ1v) is 6.12. The van der Waals surface area contributed by atoms with Gasteiger partial charge in [-0.1, -0.05) is 49.4 Å². The van der Waals surface area contributed by atoms with Crippen LogP contribution in [0, 0.1) is 0 Å². The minimum Gasteiger partial charge on any atom is -0.508 e. The molecule has 2 rings (SSSR count). The zero-order valence-corrected chi connectivity index (χ0v) is 10.1. The van der Waals surface area contributed by atoms with E-state index < -0.39 is 0 Å². The summed E-state index contributed by atoms with van der Waals surface area (Å²) in [7, 11) is 0. The van der Waals surface area contributed by atoms with Crippen LogP contribution in [0.2, 0.25) is 0 Å². The van der Waals surface area contributed by atoms with E-state index in [1.54, 1.807) is 12.1 Å². The van der Waals surface area contributed by atoms with Gasteiger partial charge in [0.2, 0.25) is 0 Å². The van der Waals surface area contributed by atoms with Crippen LogP contribution in [0.4, 0.5) is 0 Å². The Morgan fingerprint density at radius 1 is 0.941 bits per heavy atom. The van der Waals surface area contributed by atoms with Crippen molar-refractivity contribution >= 4 is 0 Å². The van der Waals surface area contributed by atoms with Crippen molar-refractivity contribution < 1.29 is 5.11 Å². The summed E-state index contributed by atoms with van der Waals surface area (Å²) in [5, 5.41) is 9.27. The molecule has 1 nitrogen and oxygen atoms in total. The van der Waals surface area contributed by atoms with Crippen LogP contribution in [0.5, 0.6) is 5.75 Å². The normalized spacial score (nSPS) is 12.3. The Balaban J connectivity index is 2.13. The van der Waals surface area contributed by atoms with Gasteiger partial charge < -0.3 is 5.11 Å². The number of rotatable bonds is 4. The Hall–Kier alpha value is -1.76. The molecule has 0 saturated heterocycles. The van der Waals surface area contributed by atoms with Gasteiger partial charge in [-0.3, -0.25) is 0 Å². The van der Waals surface area contributed by atoms with Gasteiger partial charge in [-0.15, -0.1) is 0 Å². The molecule has 0 amide bonds. The van der Waals surface area contributed by atoms with Gasteiger partial charge in [-0.05, 0) is 42.0 Å². The lowest BCUT2D eigenvalue weighted by atomic mass is 9.90. The van der Waals surface area contributed by atoms with Gasteiger partial charge in [-0.2, -0.15) is 0 Å². The number of phenols is 1. The van der Waals surface area contributed by atoms with Crippen molar-refractivity contribution in [2.45, 2.75) is 25.7 Å². The van der Waals surface area contributed by atoms with Crippen LogP contribution in [-0.4, -0.2) is 5.11 Å². The van der Waals surface area contributed by atoms with Crippen LogP contribution in [0.25, 0.3) is 0 Å². The summed E-state index contributed by atoms with van der Waals surface area (Å²) in [5.74, 6) is 0.891. The van der Waals surface area contributed by atoms with Crippen LogP contribution < -0.4 is 0 Å². The summed E-state index contributed by atoms with van der Waals surface area (Å²) in [5.41, 5.74) is 2.67. The summed E-state index contributed by atoms with van der Waals surface area (Å²) in [4.78, 5) is 0. The van der Waals surface area contributed by atoms with E-state index in [9.17, 15) is 5.11 Å². The maximum absolute atomic E-state index is 9.27. The number of phenolic OH excluding ortho intramolecular Hbond substituents is 1. The van der Waals surface area contributed by atoms with E-state index in [0.717, 1.165) is 12.8 Å². The Kier molecular flexibility index (Phi) is 3.81. The maximum atomic E-state index is 9.27. The van der Waals surface area contributed by atoms with E-state index in [-0.39, 0.29) is 0 Å². The summed E-state index contributed by atoms with van der Waals surface area (Å²) >= 11 is 0. The van der Waals surface area contributed by atoms with Crippen molar-refractivity contribution in [3.8, 4) is 5.75 Å². The average Bonchev–Trinajstić information content (AvgIpc) is 2.39. The highest BCUT2D eigenvalue weighted by molar-refractivity contribution is 5.28. The van der Waals surface area contributed by atoms with Gasteiger partial charge in [0.15, 0.2) is 0 Å². The lowest BCUT2D eigenvalue weighted by Gasteiger charge is -2.15. The van der Waals surface area contributed by atoms with Gasteiger partial charge in [0.25, 0.3) is 0 Å². The second-order valence-electron chi connectivity index (χ2n) is 4.39. The molecule has 0 aliphatic heterocycles. The first-order valence-electron chi connectivity index (χ1n) is 6.12. The van der Waals surface area contributed by atoms with Crippen molar-refractivity contribution in [1.82, 2.24) is 0 Å². The largest absolute Gasteiger partial charge is 0.508 e. The Labute approximate surface area is 103 Å². The molecule has 0 heterocycles. The van der Waals surface area contributed by atoms with Crippen molar-refractivity contribution in [1.29, 1.82) is 0 Å². The summed E-state index contributed by atoms with van der Waals surface area (Å²) < 4.78 is 0. The molecule has 0 bridgehead atoms. The lowest BCUT2D eigenvalue weighted by molar-refractivity contribution is 0.475. The zero-order valence-electron chi connectivity index (χ0n) is 10.1. The molecule has 0 spiro atoms. The minimum atomic E-state index is 0.335. The highest BCUT2D eigenvalue weighted by atomic mass is 16.3. The van der Waals surface area contributed by atoms with Gasteiger partial charge >= 0.3 is 0 Å². The van der Waals surface area contributed by atoms with E-state index >= 15 is 0 Å². The lowest BCUT2D eigenvalue weighted by Crippen LogP contribution is -2.01. The number of hydrogen-bond acceptors (Lipinski definition) is 1. The van der Waals surface area contributed by atoms with E-state index in [2.05, 4.69) is 37.3 Å². The molecule has 0 aliphatic carbocycles. The predicted molar refractivity (Wildman–Crippen MR) is 71.3 cm³/mol. The van der Waals surface area contributed by atoms with Gasteiger partial charge in [0.05, 0.1) is 0 Å². The molecule has 0 aliphatic rings. The SMILES string of the molecule is CCC(Cc1ccc(O)cc1)c1ccccc1. The van der Waals surface area contributed by atoms with Crippen molar-refractivity contribution in [3.63, 3.8) is 0 Å². The molecule has 2 aromatic carbocycles. The molecule has 1 heteroatoms. The van der Waals surface area contributed by atoms with Crippen LogP contribution in [0.1, 0.15) is 30.4 Å². The van der Waals surface area contributed by atoms with Crippen LogP contribution >= 0.6 is 0 Å². The molecule has 0 saturated carbocycles. The van der Waals surface area contributed by atoms with Crippen LogP contribution in [-0.2, 0) is 6.42 Å². The third kappa shape index (κ3) is 3.10. The molecule has 0 aromatic heterocycles. The summed E-state index contributed by atoms with van der Waals surface area (Å²) in [6, 6.07) is 18.1. The summed E-state index contributed by atoms with van der Waals surface area (Å²) in [6.07, 6.45) is 2.16. The Morgan fingerprint density at radius 2 is 1.59 bits per heavy atom. The van der Waals surface area contributed by atoms with Gasteiger partial charge in [-0.25, -0.2) is 0 Å². The molecule has 1 unspecified atom stereocenters. The molecule has 1 N–H and O–H groups in total. The first-order chi connectivity index (χ1) is 8.29. The standard InChI is InChI=1S/C16H18O/c1-2-14(15-6-4-3-5-7-15)12-13-8-10-16(17)11-9-13/h3-11,14,17H,2,12H2,1H3.